The normalized spacial score (nSPS) is 20.7. The van der Waals surface area contributed by atoms with Gasteiger partial charge in [0.05, 0.1) is 18.2 Å². The van der Waals surface area contributed by atoms with Gasteiger partial charge in [-0.3, -0.25) is 9.69 Å². The minimum Gasteiger partial charge on any atom is -0.373 e. The number of carbonyl (C=O) groups is 1. The number of carbonyl (C=O) groups excluding carboxylic acids is 1. The van der Waals surface area contributed by atoms with Gasteiger partial charge in [-0.1, -0.05) is 13.8 Å². The molecule has 0 saturated carbocycles. The summed E-state index contributed by atoms with van der Waals surface area (Å²) in [6.45, 7) is 12.2. The van der Waals surface area contributed by atoms with Crippen molar-refractivity contribution in [3.8, 4) is 0 Å². The van der Waals surface area contributed by atoms with Gasteiger partial charge >= 0.3 is 0 Å². The Labute approximate surface area is 122 Å². The van der Waals surface area contributed by atoms with Crippen LogP contribution in [0.2, 0.25) is 0 Å². The van der Waals surface area contributed by atoms with E-state index in [1.807, 2.05) is 13.8 Å². The van der Waals surface area contributed by atoms with Gasteiger partial charge in [0.25, 0.3) is 0 Å². The highest BCUT2D eigenvalue weighted by Crippen LogP contribution is 2.15. The predicted octanol–water partition coefficient (Wildman–Crippen LogP) is 0.619. The van der Waals surface area contributed by atoms with Gasteiger partial charge < -0.3 is 15.8 Å². The first-order chi connectivity index (χ1) is 8.32. The number of amides is 1. The Bertz CT molecular complexity index is 285. The lowest BCUT2D eigenvalue weighted by Crippen LogP contribution is -2.51. The van der Waals surface area contributed by atoms with E-state index >= 15 is 0 Å². The SMILES string of the molecule is CC(C)[C@H](N)C(=O)NCCN1CCOC(C)(C)C1.Cl. The Hall–Kier alpha value is -0.360. The zero-order chi connectivity index (χ0) is 13.8. The Kier molecular flexibility index (Phi) is 7.89. The maximum Gasteiger partial charge on any atom is 0.237 e. The topological polar surface area (TPSA) is 67.6 Å². The molecule has 0 aromatic heterocycles. The van der Waals surface area contributed by atoms with Crippen molar-refractivity contribution >= 4 is 18.3 Å². The van der Waals surface area contributed by atoms with Crippen molar-refractivity contribution in [2.24, 2.45) is 11.7 Å². The molecule has 19 heavy (non-hydrogen) atoms. The van der Waals surface area contributed by atoms with Gasteiger partial charge in [0.2, 0.25) is 5.91 Å². The molecule has 1 aliphatic heterocycles. The third-order valence-corrected chi connectivity index (χ3v) is 3.25. The molecule has 1 heterocycles. The fraction of sp³-hybridized carbons (Fsp3) is 0.923. The highest BCUT2D eigenvalue weighted by Gasteiger charge is 2.26. The van der Waals surface area contributed by atoms with Crippen LogP contribution in [0, 0.1) is 5.92 Å². The molecule has 1 amide bonds. The van der Waals surface area contributed by atoms with Gasteiger partial charge in [-0.15, -0.1) is 12.4 Å². The van der Waals surface area contributed by atoms with E-state index in [0.717, 1.165) is 26.2 Å². The van der Waals surface area contributed by atoms with Gasteiger partial charge in [0.15, 0.2) is 0 Å². The van der Waals surface area contributed by atoms with Crippen LogP contribution in [0.1, 0.15) is 27.7 Å². The summed E-state index contributed by atoms with van der Waals surface area (Å²) in [5, 5.41) is 2.89. The third-order valence-electron chi connectivity index (χ3n) is 3.25. The van der Waals surface area contributed by atoms with Crippen molar-refractivity contribution in [1.82, 2.24) is 10.2 Å². The first kappa shape index (κ1) is 18.6. The summed E-state index contributed by atoms with van der Waals surface area (Å²) in [5.41, 5.74) is 5.69. The number of ether oxygens (including phenoxy) is 1. The van der Waals surface area contributed by atoms with Crippen LogP contribution in [0.5, 0.6) is 0 Å². The molecular formula is C13H28ClN3O2. The van der Waals surface area contributed by atoms with Crippen molar-refractivity contribution in [2.45, 2.75) is 39.3 Å². The second-order valence-corrected chi connectivity index (χ2v) is 5.95. The van der Waals surface area contributed by atoms with Gasteiger partial charge in [-0.2, -0.15) is 0 Å². The number of hydrogen-bond donors (Lipinski definition) is 2. The smallest absolute Gasteiger partial charge is 0.237 e. The minimum atomic E-state index is -0.411. The second-order valence-electron chi connectivity index (χ2n) is 5.95. The molecule has 114 valence electrons. The van der Waals surface area contributed by atoms with E-state index in [0.29, 0.717) is 6.54 Å². The number of nitrogens with zero attached hydrogens (tertiary/aromatic N) is 1. The van der Waals surface area contributed by atoms with Crippen LogP contribution in [-0.4, -0.2) is 55.2 Å². The fourth-order valence-corrected chi connectivity index (χ4v) is 2.06. The van der Waals surface area contributed by atoms with Crippen LogP contribution in [0.15, 0.2) is 0 Å². The quantitative estimate of drug-likeness (QED) is 0.780. The molecule has 1 fully saturated rings. The average molecular weight is 294 g/mol. The molecule has 3 N–H and O–H groups in total. The van der Waals surface area contributed by atoms with Crippen molar-refractivity contribution in [3.63, 3.8) is 0 Å². The molecule has 0 spiro atoms. The van der Waals surface area contributed by atoms with E-state index in [4.69, 9.17) is 10.5 Å². The zero-order valence-electron chi connectivity index (χ0n) is 12.4. The number of hydrogen-bond acceptors (Lipinski definition) is 4. The summed E-state index contributed by atoms with van der Waals surface area (Å²) in [7, 11) is 0. The van der Waals surface area contributed by atoms with Crippen LogP contribution in [0.3, 0.4) is 0 Å². The van der Waals surface area contributed by atoms with E-state index in [-0.39, 0.29) is 29.8 Å². The Morgan fingerprint density at radius 1 is 1.47 bits per heavy atom. The second kappa shape index (κ2) is 8.04. The molecule has 5 nitrogen and oxygen atoms in total. The molecule has 1 atom stereocenters. The van der Waals surface area contributed by atoms with Gasteiger partial charge in [-0.25, -0.2) is 0 Å². The summed E-state index contributed by atoms with van der Waals surface area (Å²) < 4.78 is 5.64. The predicted molar refractivity (Wildman–Crippen MR) is 79.5 cm³/mol. The average Bonchev–Trinajstić information content (AvgIpc) is 2.26. The van der Waals surface area contributed by atoms with E-state index in [1.165, 1.54) is 0 Å². The highest BCUT2D eigenvalue weighted by atomic mass is 35.5. The van der Waals surface area contributed by atoms with Crippen LogP contribution >= 0.6 is 12.4 Å². The molecule has 0 aromatic rings. The summed E-state index contributed by atoms with van der Waals surface area (Å²) in [5.74, 6) is 0.116. The minimum absolute atomic E-state index is 0. The van der Waals surface area contributed by atoms with Crippen molar-refractivity contribution in [2.75, 3.05) is 32.8 Å². The van der Waals surface area contributed by atoms with Crippen LogP contribution < -0.4 is 11.1 Å². The Morgan fingerprint density at radius 2 is 2.11 bits per heavy atom. The molecule has 0 radical (unpaired) electrons. The van der Waals surface area contributed by atoms with E-state index in [2.05, 4.69) is 24.1 Å². The molecule has 1 saturated heterocycles. The van der Waals surface area contributed by atoms with Crippen LogP contribution in [0.25, 0.3) is 0 Å². The molecule has 1 aliphatic rings. The van der Waals surface area contributed by atoms with E-state index in [9.17, 15) is 4.79 Å². The lowest BCUT2D eigenvalue weighted by atomic mass is 10.1. The van der Waals surface area contributed by atoms with Crippen molar-refractivity contribution in [1.29, 1.82) is 0 Å². The maximum absolute atomic E-state index is 11.7. The highest BCUT2D eigenvalue weighted by molar-refractivity contribution is 5.85. The van der Waals surface area contributed by atoms with Crippen molar-refractivity contribution < 1.29 is 9.53 Å². The van der Waals surface area contributed by atoms with Crippen LogP contribution in [-0.2, 0) is 9.53 Å². The Morgan fingerprint density at radius 3 is 2.63 bits per heavy atom. The summed E-state index contributed by atoms with van der Waals surface area (Å²) in [4.78, 5) is 14.0. The first-order valence-corrected chi connectivity index (χ1v) is 6.71. The molecular weight excluding hydrogens is 266 g/mol. The largest absolute Gasteiger partial charge is 0.373 e. The van der Waals surface area contributed by atoms with Crippen molar-refractivity contribution in [3.05, 3.63) is 0 Å². The Balaban J connectivity index is 0.00000324. The molecule has 6 heteroatoms. The number of halogens is 1. The number of nitrogens with one attached hydrogen (secondary N) is 1. The molecule has 0 unspecified atom stereocenters. The van der Waals surface area contributed by atoms with Gasteiger partial charge in [0, 0.05) is 26.2 Å². The standard InChI is InChI=1S/C13H27N3O2.ClH/c1-10(2)11(14)12(17)15-5-6-16-7-8-18-13(3,4)9-16;/h10-11H,5-9,14H2,1-4H3,(H,15,17);1H/t11-;/m0./s1. The summed E-state index contributed by atoms with van der Waals surface area (Å²) in [6.07, 6.45) is 0. The zero-order valence-corrected chi connectivity index (χ0v) is 13.3. The van der Waals surface area contributed by atoms with E-state index in [1.54, 1.807) is 0 Å². The number of rotatable bonds is 5. The van der Waals surface area contributed by atoms with Crippen LogP contribution in [0.4, 0.5) is 0 Å². The maximum atomic E-state index is 11.7. The van der Waals surface area contributed by atoms with E-state index < -0.39 is 6.04 Å². The monoisotopic (exact) mass is 293 g/mol. The van der Waals surface area contributed by atoms with Gasteiger partial charge in [0.1, 0.15) is 0 Å². The first-order valence-electron chi connectivity index (χ1n) is 6.71. The summed E-state index contributed by atoms with van der Waals surface area (Å²) >= 11 is 0. The lowest BCUT2D eigenvalue weighted by Gasteiger charge is -2.38. The molecule has 1 rings (SSSR count). The molecule has 0 aliphatic carbocycles. The molecule has 0 aromatic carbocycles. The number of nitrogens with two attached hydrogens (primary N) is 1. The van der Waals surface area contributed by atoms with Gasteiger partial charge in [-0.05, 0) is 19.8 Å². The lowest BCUT2D eigenvalue weighted by molar-refractivity contribution is -0.123. The fourth-order valence-electron chi connectivity index (χ4n) is 2.06. The number of morpholine rings is 1. The summed E-state index contributed by atoms with van der Waals surface area (Å²) in [6, 6.07) is -0.411. The third kappa shape index (κ3) is 6.56. The molecule has 0 bridgehead atoms.